The molecule has 2 aromatic rings. The lowest BCUT2D eigenvalue weighted by Gasteiger charge is -2.34. The second-order valence-electron chi connectivity index (χ2n) is 9.01. The molecule has 0 unspecified atom stereocenters. The molecule has 0 amide bonds. The fourth-order valence-electron chi connectivity index (χ4n) is 4.11. The van der Waals surface area contributed by atoms with Crippen LogP contribution in [0.1, 0.15) is 56.5 Å². The molecule has 26 heavy (non-hydrogen) atoms. The normalized spacial score (nSPS) is 19.0. The lowest BCUT2D eigenvalue weighted by molar-refractivity contribution is 0.177. The molecule has 142 valence electrons. The monoisotopic (exact) mass is 356 g/mol. The van der Waals surface area contributed by atoms with Gasteiger partial charge in [-0.3, -0.25) is 14.5 Å². The van der Waals surface area contributed by atoms with Crippen LogP contribution in [0, 0.1) is 0 Å². The first-order valence-electron chi connectivity index (χ1n) is 9.86. The van der Waals surface area contributed by atoms with Crippen molar-refractivity contribution in [3.8, 4) is 0 Å². The van der Waals surface area contributed by atoms with Gasteiger partial charge in [-0.2, -0.15) is 5.10 Å². The average Bonchev–Trinajstić information content (AvgIpc) is 3.17. The number of imidazole rings is 1. The van der Waals surface area contributed by atoms with Crippen molar-refractivity contribution in [1.29, 1.82) is 0 Å². The molecule has 0 radical (unpaired) electrons. The summed E-state index contributed by atoms with van der Waals surface area (Å²) < 4.78 is 4.54. The molecule has 0 aliphatic carbocycles. The van der Waals surface area contributed by atoms with E-state index >= 15 is 0 Å². The molecule has 0 aromatic carbocycles. The molecular weight excluding hydrogens is 324 g/mol. The van der Waals surface area contributed by atoms with Gasteiger partial charge in [0.15, 0.2) is 0 Å². The van der Waals surface area contributed by atoms with Crippen molar-refractivity contribution in [2.75, 3.05) is 26.7 Å². The van der Waals surface area contributed by atoms with E-state index in [4.69, 9.17) is 10.1 Å². The van der Waals surface area contributed by atoms with Crippen LogP contribution in [0.3, 0.4) is 0 Å². The van der Waals surface area contributed by atoms with E-state index in [2.05, 4.69) is 66.1 Å². The van der Waals surface area contributed by atoms with E-state index in [1.165, 1.54) is 22.9 Å². The zero-order valence-corrected chi connectivity index (χ0v) is 16.9. The smallest absolute Gasteiger partial charge is 0.123 e. The second-order valence-corrected chi connectivity index (χ2v) is 9.01. The Labute approximate surface area is 156 Å². The van der Waals surface area contributed by atoms with E-state index < -0.39 is 0 Å². The number of hydrogen-bond acceptors (Lipinski definition) is 4. The highest BCUT2D eigenvalue weighted by atomic mass is 15.3. The van der Waals surface area contributed by atoms with Crippen LogP contribution in [-0.4, -0.2) is 55.8 Å². The summed E-state index contributed by atoms with van der Waals surface area (Å²) in [5.41, 5.74) is 3.82. The van der Waals surface area contributed by atoms with Crippen molar-refractivity contribution in [2.24, 2.45) is 0 Å². The van der Waals surface area contributed by atoms with Gasteiger partial charge >= 0.3 is 0 Å². The molecule has 2 aromatic heterocycles. The van der Waals surface area contributed by atoms with Gasteiger partial charge in [0.1, 0.15) is 5.82 Å². The maximum atomic E-state index is 4.94. The summed E-state index contributed by atoms with van der Waals surface area (Å²) in [5.74, 6) is 1.70. The molecule has 0 N–H and O–H groups in total. The van der Waals surface area contributed by atoms with Crippen molar-refractivity contribution in [3.05, 3.63) is 35.2 Å². The van der Waals surface area contributed by atoms with Crippen LogP contribution >= 0.6 is 0 Å². The fraction of sp³-hybridized carbons (Fsp3) is 0.700. The Balaban J connectivity index is 1.48. The predicted octanol–water partition coefficient (Wildman–Crippen LogP) is 2.44. The van der Waals surface area contributed by atoms with Crippen LogP contribution < -0.4 is 0 Å². The zero-order chi connectivity index (χ0) is 18.5. The van der Waals surface area contributed by atoms with Gasteiger partial charge in [-0.15, -0.1) is 0 Å². The molecule has 0 bridgehead atoms. The lowest BCUT2D eigenvalue weighted by Crippen LogP contribution is -2.41. The number of fused-ring (bicyclic) bond motifs is 2. The molecule has 6 heteroatoms. The third kappa shape index (κ3) is 3.32. The molecule has 2 aliphatic heterocycles. The van der Waals surface area contributed by atoms with E-state index in [-0.39, 0.29) is 5.41 Å². The summed E-state index contributed by atoms with van der Waals surface area (Å²) in [7, 11) is 2.18. The summed E-state index contributed by atoms with van der Waals surface area (Å²) in [6.07, 6.45) is 2.24. The Morgan fingerprint density at radius 1 is 1.12 bits per heavy atom. The lowest BCUT2D eigenvalue weighted by atomic mass is 9.88. The van der Waals surface area contributed by atoms with Crippen LogP contribution in [-0.2, 0) is 31.6 Å². The van der Waals surface area contributed by atoms with Crippen molar-refractivity contribution < 1.29 is 0 Å². The number of rotatable bonds is 4. The minimum absolute atomic E-state index is 0.0402. The van der Waals surface area contributed by atoms with Gasteiger partial charge < -0.3 is 4.57 Å². The Hall–Kier alpha value is -1.66. The van der Waals surface area contributed by atoms with Crippen LogP contribution in [0.25, 0.3) is 0 Å². The molecule has 2 aliphatic rings. The standard InChI is InChI=1S/C20H32N6/c1-15(2)17-12-25-8-7-24(13-19(25)21-17)14-20(3,4)18-10-16-11-23(5)6-9-26(16)22-18/h10,12,15H,6-9,11,13-14H2,1-5H3. The van der Waals surface area contributed by atoms with Gasteiger partial charge in [-0.05, 0) is 19.0 Å². The largest absolute Gasteiger partial charge is 0.332 e. The molecule has 4 heterocycles. The molecule has 0 fully saturated rings. The second kappa shape index (κ2) is 6.50. The van der Waals surface area contributed by atoms with Gasteiger partial charge in [0.25, 0.3) is 0 Å². The van der Waals surface area contributed by atoms with Gasteiger partial charge in [0.05, 0.1) is 30.2 Å². The Morgan fingerprint density at radius 3 is 2.69 bits per heavy atom. The van der Waals surface area contributed by atoms with Crippen LogP contribution in [0.15, 0.2) is 12.3 Å². The first-order chi connectivity index (χ1) is 12.3. The van der Waals surface area contributed by atoms with E-state index in [0.29, 0.717) is 5.92 Å². The van der Waals surface area contributed by atoms with E-state index in [0.717, 1.165) is 45.8 Å². The highest BCUT2D eigenvalue weighted by Crippen LogP contribution is 2.27. The van der Waals surface area contributed by atoms with Crippen molar-refractivity contribution in [1.82, 2.24) is 29.1 Å². The summed E-state index contributed by atoms with van der Waals surface area (Å²) in [4.78, 5) is 9.76. The number of aromatic nitrogens is 4. The fourth-order valence-corrected chi connectivity index (χ4v) is 4.11. The zero-order valence-electron chi connectivity index (χ0n) is 16.9. The van der Waals surface area contributed by atoms with Crippen molar-refractivity contribution >= 4 is 0 Å². The van der Waals surface area contributed by atoms with E-state index in [9.17, 15) is 0 Å². The van der Waals surface area contributed by atoms with Gasteiger partial charge in [-0.25, -0.2) is 4.98 Å². The molecule has 0 saturated carbocycles. The Kier molecular flexibility index (Phi) is 4.43. The number of hydrogen-bond donors (Lipinski definition) is 0. The minimum atomic E-state index is 0.0402. The van der Waals surface area contributed by atoms with Crippen LogP contribution in [0.5, 0.6) is 0 Å². The van der Waals surface area contributed by atoms with E-state index in [1.807, 2.05) is 0 Å². The SMILES string of the molecule is CC(C)c1cn2c(n1)CN(CC(C)(C)c1cc3n(n1)CCN(C)C3)CC2. The van der Waals surface area contributed by atoms with Gasteiger partial charge in [-0.1, -0.05) is 27.7 Å². The minimum Gasteiger partial charge on any atom is -0.332 e. The molecule has 0 spiro atoms. The predicted molar refractivity (Wildman–Crippen MR) is 103 cm³/mol. The van der Waals surface area contributed by atoms with Crippen molar-refractivity contribution in [2.45, 2.75) is 65.2 Å². The summed E-state index contributed by atoms with van der Waals surface area (Å²) >= 11 is 0. The Bertz CT molecular complexity index is 784. The van der Waals surface area contributed by atoms with Gasteiger partial charge in [0, 0.05) is 44.3 Å². The summed E-state index contributed by atoms with van der Waals surface area (Å²) in [5, 5.41) is 4.94. The van der Waals surface area contributed by atoms with Crippen molar-refractivity contribution in [3.63, 3.8) is 0 Å². The molecule has 0 saturated heterocycles. The molecular formula is C20H32N6. The van der Waals surface area contributed by atoms with E-state index in [1.54, 1.807) is 0 Å². The molecule has 6 nitrogen and oxygen atoms in total. The molecule has 4 rings (SSSR count). The summed E-state index contributed by atoms with van der Waals surface area (Å²) in [6.45, 7) is 16.2. The Morgan fingerprint density at radius 2 is 1.92 bits per heavy atom. The topological polar surface area (TPSA) is 42.1 Å². The third-order valence-electron chi connectivity index (χ3n) is 5.79. The highest BCUT2D eigenvalue weighted by Gasteiger charge is 2.31. The van der Waals surface area contributed by atoms with Gasteiger partial charge in [0.2, 0.25) is 0 Å². The van der Waals surface area contributed by atoms with Crippen LogP contribution in [0.4, 0.5) is 0 Å². The maximum Gasteiger partial charge on any atom is 0.123 e. The number of nitrogens with zero attached hydrogens (tertiary/aromatic N) is 6. The first kappa shape index (κ1) is 17.7. The third-order valence-corrected chi connectivity index (χ3v) is 5.79. The molecule has 0 atom stereocenters. The summed E-state index contributed by atoms with van der Waals surface area (Å²) in [6, 6.07) is 2.32. The maximum absolute atomic E-state index is 4.94. The first-order valence-corrected chi connectivity index (χ1v) is 9.86. The quantitative estimate of drug-likeness (QED) is 0.844. The average molecular weight is 357 g/mol. The number of likely N-dealkylation sites (N-methyl/N-ethyl adjacent to an activating group) is 1. The van der Waals surface area contributed by atoms with Crippen LogP contribution in [0.2, 0.25) is 0 Å². The highest BCUT2D eigenvalue weighted by molar-refractivity contribution is 5.20.